The van der Waals surface area contributed by atoms with E-state index in [0.717, 1.165) is 41.9 Å². The molecule has 0 radical (unpaired) electrons. The zero-order valence-electron chi connectivity index (χ0n) is 16.1. The van der Waals surface area contributed by atoms with Crippen LogP contribution in [0.3, 0.4) is 0 Å². The average molecular weight is 446 g/mol. The standard InChI is InChI=1S/C19H16F6N4S/c1-11-6-13(20)14(7-15(11)30-9-18(2,21)22)28-17(29(3)10-26)12-4-5-16(27-8-12)19(23,24)25/h4-8H,9H2,1-3H3/b28-17+. The van der Waals surface area contributed by atoms with Crippen LogP contribution in [0.2, 0.25) is 0 Å². The molecule has 0 N–H and O–H groups in total. The van der Waals surface area contributed by atoms with E-state index in [2.05, 4.69) is 9.98 Å². The lowest BCUT2D eigenvalue weighted by Crippen LogP contribution is -2.23. The SMILES string of the molecule is Cc1cc(F)c(/N=C(\c2ccc(C(F)(F)F)nc2)N(C)C#N)cc1SCC(C)(F)F. The molecule has 0 saturated carbocycles. The number of hydrogen-bond acceptors (Lipinski definition) is 4. The number of halogens is 6. The highest BCUT2D eigenvalue weighted by molar-refractivity contribution is 7.99. The summed E-state index contributed by atoms with van der Waals surface area (Å²) in [5.74, 6) is -4.40. The Kier molecular flexibility index (Phi) is 7.02. The number of aryl methyl sites for hydroxylation is 1. The molecule has 0 saturated heterocycles. The number of nitrogens with zero attached hydrogens (tertiary/aromatic N) is 4. The quantitative estimate of drug-likeness (QED) is 0.146. The molecule has 1 aromatic carbocycles. The summed E-state index contributed by atoms with van der Waals surface area (Å²) >= 11 is 0.817. The zero-order chi connectivity index (χ0) is 22.7. The Balaban J connectivity index is 2.50. The van der Waals surface area contributed by atoms with Gasteiger partial charge in [-0.2, -0.15) is 18.4 Å². The van der Waals surface area contributed by atoms with Gasteiger partial charge in [0.1, 0.15) is 17.2 Å². The van der Waals surface area contributed by atoms with E-state index in [4.69, 9.17) is 0 Å². The molecule has 0 unspecified atom stereocenters. The lowest BCUT2D eigenvalue weighted by molar-refractivity contribution is -0.141. The van der Waals surface area contributed by atoms with Crippen molar-refractivity contribution >= 4 is 23.3 Å². The van der Waals surface area contributed by atoms with Crippen molar-refractivity contribution in [2.24, 2.45) is 4.99 Å². The first-order chi connectivity index (χ1) is 13.8. The summed E-state index contributed by atoms with van der Waals surface area (Å²) in [5, 5.41) is 9.18. The number of rotatable bonds is 5. The van der Waals surface area contributed by atoms with E-state index in [1.165, 1.54) is 13.1 Å². The third kappa shape index (κ3) is 6.13. The van der Waals surface area contributed by atoms with Crippen molar-refractivity contribution in [3.63, 3.8) is 0 Å². The first-order valence-corrected chi connectivity index (χ1v) is 9.37. The number of thioether (sulfide) groups is 1. The molecule has 0 atom stereocenters. The highest BCUT2D eigenvalue weighted by atomic mass is 32.2. The molecular formula is C19H16F6N4S. The average Bonchev–Trinajstić information content (AvgIpc) is 2.64. The molecule has 0 aliphatic carbocycles. The molecule has 2 aromatic rings. The van der Waals surface area contributed by atoms with Crippen LogP contribution in [0.4, 0.5) is 32.0 Å². The van der Waals surface area contributed by atoms with Crippen molar-refractivity contribution in [3.05, 3.63) is 53.1 Å². The number of benzene rings is 1. The Morgan fingerprint density at radius 2 is 1.90 bits per heavy atom. The Morgan fingerprint density at radius 3 is 2.40 bits per heavy atom. The molecular weight excluding hydrogens is 430 g/mol. The second-order valence-corrected chi connectivity index (χ2v) is 7.47. The summed E-state index contributed by atoms with van der Waals surface area (Å²) in [7, 11) is 1.29. The number of amidine groups is 1. The van der Waals surface area contributed by atoms with Crippen molar-refractivity contribution in [3.8, 4) is 6.19 Å². The van der Waals surface area contributed by atoms with E-state index in [9.17, 15) is 31.6 Å². The van der Waals surface area contributed by atoms with Crippen LogP contribution in [-0.2, 0) is 6.18 Å². The minimum absolute atomic E-state index is 0.0429. The van der Waals surface area contributed by atoms with Gasteiger partial charge in [-0.1, -0.05) is 0 Å². The molecule has 11 heteroatoms. The number of nitriles is 1. The highest BCUT2D eigenvalue weighted by Gasteiger charge is 2.32. The first kappa shape index (κ1) is 23.5. The van der Waals surface area contributed by atoms with Gasteiger partial charge >= 0.3 is 6.18 Å². The summed E-state index contributed by atoms with van der Waals surface area (Å²) in [6, 6.07) is 4.14. The van der Waals surface area contributed by atoms with Crippen LogP contribution in [0.15, 0.2) is 40.4 Å². The smallest absolute Gasteiger partial charge is 0.266 e. The van der Waals surface area contributed by atoms with Crippen LogP contribution in [-0.4, -0.2) is 34.4 Å². The van der Waals surface area contributed by atoms with E-state index in [1.807, 2.05) is 0 Å². The monoisotopic (exact) mass is 446 g/mol. The summed E-state index contributed by atoms with van der Waals surface area (Å²) in [6.45, 7) is 2.31. The van der Waals surface area contributed by atoms with E-state index in [-0.39, 0.29) is 17.1 Å². The Labute approximate surface area is 173 Å². The van der Waals surface area contributed by atoms with E-state index in [1.54, 1.807) is 13.1 Å². The number of aromatic nitrogens is 1. The summed E-state index contributed by atoms with van der Waals surface area (Å²) < 4.78 is 78.9. The molecule has 0 fully saturated rings. The van der Waals surface area contributed by atoms with Crippen LogP contribution in [0.1, 0.15) is 23.7 Å². The largest absolute Gasteiger partial charge is 0.433 e. The molecule has 0 bridgehead atoms. The lowest BCUT2D eigenvalue weighted by atomic mass is 10.2. The predicted molar refractivity (Wildman–Crippen MR) is 101 cm³/mol. The minimum Gasteiger partial charge on any atom is -0.266 e. The van der Waals surface area contributed by atoms with Crippen LogP contribution in [0.5, 0.6) is 0 Å². The second kappa shape index (κ2) is 8.95. The molecule has 1 aromatic heterocycles. The van der Waals surface area contributed by atoms with Gasteiger partial charge in [0.25, 0.3) is 5.92 Å². The van der Waals surface area contributed by atoms with Gasteiger partial charge in [0.2, 0.25) is 0 Å². The van der Waals surface area contributed by atoms with Crippen molar-refractivity contribution in [2.45, 2.75) is 30.8 Å². The zero-order valence-corrected chi connectivity index (χ0v) is 16.9. The first-order valence-electron chi connectivity index (χ1n) is 8.38. The van der Waals surface area contributed by atoms with Gasteiger partial charge in [-0.3, -0.25) is 9.88 Å². The van der Waals surface area contributed by atoms with Crippen LogP contribution in [0.25, 0.3) is 0 Å². The molecule has 0 aliphatic rings. The molecule has 0 spiro atoms. The number of pyridine rings is 1. The van der Waals surface area contributed by atoms with Crippen LogP contribution in [0, 0.1) is 24.2 Å². The van der Waals surface area contributed by atoms with Gasteiger partial charge in [0.15, 0.2) is 12.0 Å². The van der Waals surface area contributed by atoms with E-state index in [0.29, 0.717) is 16.5 Å². The minimum atomic E-state index is -4.65. The fraction of sp³-hybridized carbons (Fsp3) is 0.316. The topological polar surface area (TPSA) is 52.3 Å². The Morgan fingerprint density at radius 1 is 1.23 bits per heavy atom. The molecule has 4 nitrogen and oxygen atoms in total. The van der Waals surface area contributed by atoms with Crippen molar-refractivity contribution < 1.29 is 26.3 Å². The van der Waals surface area contributed by atoms with Crippen LogP contribution >= 0.6 is 11.8 Å². The Bertz CT molecular complexity index is 975. The van der Waals surface area contributed by atoms with Gasteiger partial charge in [-0.25, -0.2) is 18.2 Å². The normalized spacial score (nSPS) is 12.6. The van der Waals surface area contributed by atoms with Gasteiger partial charge in [-0.15, -0.1) is 11.8 Å². The maximum Gasteiger partial charge on any atom is 0.433 e. The van der Waals surface area contributed by atoms with Crippen molar-refractivity contribution in [2.75, 3.05) is 12.8 Å². The fourth-order valence-electron chi connectivity index (χ4n) is 2.28. The summed E-state index contributed by atoms with van der Waals surface area (Å²) in [5.41, 5.74) is -0.918. The second-order valence-electron chi connectivity index (χ2n) is 6.45. The van der Waals surface area contributed by atoms with E-state index < -0.39 is 29.4 Å². The van der Waals surface area contributed by atoms with Gasteiger partial charge in [0.05, 0.1) is 5.75 Å². The molecule has 0 amide bonds. The van der Waals surface area contributed by atoms with Crippen LogP contribution < -0.4 is 0 Å². The third-order valence-corrected chi connectivity index (χ3v) is 5.13. The summed E-state index contributed by atoms with van der Waals surface area (Å²) in [6.07, 6.45) is -2.03. The number of aliphatic imine (C=N–C) groups is 1. The number of alkyl halides is 5. The maximum atomic E-state index is 14.4. The lowest BCUT2D eigenvalue weighted by Gasteiger charge is -2.15. The van der Waals surface area contributed by atoms with Gasteiger partial charge in [0, 0.05) is 30.6 Å². The Hall–Kier alpha value is -2.74. The molecule has 30 heavy (non-hydrogen) atoms. The maximum absolute atomic E-state index is 14.4. The molecule has 160 valence electrons. The van der Waals surface area contributed by atoms with Crippen molar-refractivity contribution in [1.82, 2.24) is 9.88 Å². The highest BCUT2D eigenvalue weighted by Crippen LogP contribution is 2.33. The molecule has 1 heterocycles. The molecule has 0 aliphatic heterocycles. The third-order valence-electron chi connectivity index (χ3n) is 3.73. The van der Waals surface area contributed by atoms with E-state index >= 15 is 0 Å². The predicted octanol–water partition coefficient (Wildman–Crippen LogP) is 5.79. The fourth-order valence-corrected chi connectivity index (χ4v) is 3.17. The number of hydrogen-bond donors (Lipinski definition) is 0. The van der Waals surface area contributed by atoms with Gasteiger partial charge in [-0.05, 0) is 36.8 Å². The molecule has 2 rings (SSSR count). The van der Waals surface area contributed by atoms with Crippen molar-refractivity contribution in [1.29, 1.82) is 5.26 Å². The van der Waals surface area contributed by atoms with Gasteiger partial charge < -0.3 is 0 Å². The summed E-state index contributed by atoms with van der Waals surface area (Å²) in [4.78, 5) is 8.67.